The van der Waals surface area contributed by atoms with Gasteiger partial charge in [-0.05, 0) is 11.6 Å². The number of nitrogens with zero attached hydrogens (tertiary/aromatic N) is 2. The molecule has 0 saturated carbocycles. The lowest BCUT2D eigenvalue weighted by molar-refractivity contribution is 0.0950. The minimum atomic E-state index is -0.212. The van der Waals surface area contributed by atoms with Crippen LogP contribution in [0.1, 0.15) is 21.5 Å². The fourth-order valence-corrected chi connectivity index (χ4v) is 2.85. The number of amides is 1. The van der Waals surface area contributed by atoms with Crippen LogP contribution in [0.2, 0.25) is 0 Å². The third kappa shape index (κ3) is 4.43. The summed E-state index contributed by atoms with van der Waals surface area (Å²) >= 11 is 0. The maximum Gasteiger partial charge on any atom is 0.254 e. The fourth-order valence-electron chi connectivity index (χ4n) is 2.85. The van der Waals surface area contributed by atoms with Crippen molar-refractivity contribution in [1.29, 1.82) is 0 Å². The van der Waals surface area contributed by atoms with Crippen LogP contribution < -0.4 is 19.5 Å². The topological polar surface area (TPSA) is 74.6 Å². The van der Waals surface area contributed by atoms with E-state index >= 15 is 0 Å². The van der Waals surface area contributed by atoms with Crippen molar-refractivity contribution in [2.75, 3.05) is 21.3 Å². The minimum Gasteiger partial charge on any atom is -0.496 e. The Hall–Kier alpha value is -3.48. The highest BCUT2D eigenvalue weighted by molar-refractivity contribution is 5.93. The van der Waals surface area contributed by atoms with Gasteiger partial charge in [-0.1, -0.05) is 30.3 Å². The van der Waals surface area contributed by atoms with Crippen molar-refractivity contribution in [3.8, 4) is 17.2 Å². The van der Waals surface area contributed by atoms with Gasteiger partial charge in [0.2, 0.25) is 0 Å². The summed E-state index contributed by atoms with van der Waals surface area (Å²) in [5.41, 5.74) is 2.40. The van der Waals surface area contributed by atoms with Gasteiger partial charge in [-0.15, -0.1) is 0 Å². The number of aromatic nitrogens is 2. The maximum atomic E-state index is 12.5. The molecule has 7 nitrogen and oxygen atoms in total. The number of methoxy groups -OCH3 is 3. The van der Waals surface area contributed by atoms with Gasteiger partial charge < -0.3 is 19.5 Å². The van der Waals surface area contributed by atoms with Crippen molar-refractivity contribution in [3.63, 3.8) is 0 Å². The summed E-state index contributed by atoms with van der Waals surface area (Å²) in [4.78, 5) is 12.5. The lowest BCUT2D eigenvalue weighted by atomic mass is 10.1. The summed E-state index contributed by atoms with van der Waals surface area (Å²) in [6, 6.07) is 13.5. The molecule has 7 heteroatoms. The van der Waals surface area contributed by atoms with Crippen LogP contribution in [-0.4, -0.2) is 37.0 Å². The van der Waals surface area contributed by atoms with Crippen LogP contribution in [0.5, 0.6) is 17.2 Å². The van der Waals surface area contributed by atoms with Crippen LogP contribution >= 0.6 is 0 Å². The largest absolute Gasteiger partial charge is 0.496 e. The van der Waals surface area contributed by atoms with Gasteiger partial charge in [0.05, 0.1) is 39.6 Å². The number of carbonyl (C=O) groups excluding carboxylic acids is 1. The van der Waals surface area contributed by atoms with E-state index in [0.717, 1.165) is 11.1 Å². The van der Waals surface area contributed by atoms with Gasteiger partial charge in [0.1, 0.15) is 5.75 Å². The molecular formula is C21H23N3O4. The Bertz CT molecular complexity index is 938. The molecule has 0 spiro atoms. The van der Waals surface area contributed by atoms with Crippen LogP contribution in [0.4, 0.5) is 0 Å². The Morgan fingerprint density at radius 3 is 2.36 bits per heavy atom. The molecule has 3 rings (SSSR count). The second kappa shape index (κ2) is 8.94. The number of hydrogen-bond acceptors (Lipinski definition) is 5. The van der Waals surface area contributed by atoms with Gasteiger partial charge in [-0.25, -0.2) is 0 Å². The summed E-state index contributed by atoms with van der Waals surface area (Å²) in [6.45, 7) is 0.893. The quantitative estimate of drug-likeness (QED) is 0.649. The Kier molecular flexibility index (Phi) is 6.16. The monoisotopic (exact) mass is 381 g/mol. The zero-order valence-corrected chi connectivity index (χ0v) is 16.1. The van der Waals surface area contributed by atoms with E-state index in [1.54, 1.807) is 50.5 Å². The van der Waals surface area contributed by atoms with Gasteiger partial charge >= 0.3 is 0 Å². The number of ether oxygens (including phenoxy) is 3. The molecule has 0 unspecified atom stereocenters. The SMILES string of the molecule is COc1cc(OC)c(OC)cc1CNC(=O)c1cnn(Cc2ccccc2)c1. The van der Waals surface area contributed by atoms with E-state index in [4.69, 9.17) is 14.2 Å². The van der Waals surface area contributed by atoms with E-state index < -0.39 is 0 Å². The predicted octanol–water partition coefficient (Wildman–Crippen LogP) is 2.89. The summed E-state index contributed by atoms with van der Waals surface area (Å²) in [5.74, 6) is 1.54. The van der Waals surface area contributed by atoms with E-state index in [1.165, 1.54) is 0 Å². The molecule has 3 aromatic rings. The van der Waals surface area contributed by atoms with E-state index in [9.17, 15) is 4.79 Å². The second-order valence-corrected chi connectivity index (χ2v) is 6.11. The van der Waals surface area contributed by atoms with Crippen molar-refractivity contribution in [3.05, 3.63) is 71.5 Å². The molecule has 0 atom stereocenters. The minimum absolute atomic E-state index is 0.212. The lowest BCUT2D eigenvalue weighted by Gasteiger charge is -2.14. The first-order chi connectivity index (χ1) is 13.6. The zero-order chi connectivity index (χ0) is 19.9. The summed E-state index contributed by atoms with van der Waals surface area (Å²) in [7, 11) is 4.69. The predicted molar refractivity (Wildman–Crippen MR) is 105 cm³/mol. The van der Waals surface area contributed by atoms with Gasteiger partial charge in [0.15, 0.2) is 11.5 Å². The third-order valence-electron chi connectivity index (χ3n) is 4.31. The molecule has 0 aliphatic rings. The van der Waals surface area contributed by atoms with E-state index in [2.05, 4.69) is 10.4 Å². The standard InChI is InChI=1S/C21H23N3O4/c1-26-18-10-20(28-3)19(27-2)9-16(18)11-22-21(25)17-12-23-24(14-17)13-15-7-5-4-6-8-15/h4-10,12,14H,11,13H2,1-3H3,(H,22,25). The highest BCUT2D eigenvalue weighted by Crippen LogP contribution is 2.34. The van der Waals surface area contributed by atoms with Crippen LogP contribution in [0.25, 0.3) is 0 Å². The summed E-state index contributed by atoms with van der Waals surface area (Å²) in [6.07, 6.45) is 3.29. The molecule has 0 radical (unpaired) electrons. The van der Waals surface area contributed by atoms with Crippen LogP contribution in [-0.2, 0) is 13.1 Å². The van der Waals surface area contributed by atoms with Crippen molar-refractivity contribution in [2.24, 2.45) is 0 Å². The smallest absolute Gasteiger partial charge is 0.254 e. The Labute approximate surface area is 163 Å². The number of nitrogens with one attached hydrogen (secondary N) is 1. The average Bonchev–Trinajstić information content (AvgIpc) is 3.20. The zero-order valence-electron chi connectivity index (χ0n) is 16.1. The first-order valence-electron chi connectivity index (χ1n) is 8.78. The molecule has 1 amide bonds. The second-order valence-electron chi connectivity index (χ2n) is 6.11. The molecule has 1 aromatic heterocycles. The first kappa shape index (κ1) is 19.3. The fraction of sp³-hybridized carbons (Fsp3) is 0.238. The molecule has 0 saturated heterocycles. The molecular weight excluding hydrogens is 358 g/mol. The molecule has 1 heterocycles. The number of rotatable bonds is 8. The number of hydrogen-bond donors (Lipinski definition) is 1. The number of carbonyl (C=O) groups is 1. The normalized spacial score (nSPS) is 10.4. The molecule has 1 N–H and O–H groups in total. The summed E-state index contributed by atoms with van der Waals surface area (Å²) in [5, 5.41) is 7.15. The van der Waals surface area contributed by atoms with E-state index in [0.29, 0.717) is 29.4 Å². The number of benzene rings is 2. The molecule has 146 valence electrons. The van der Waals surface area contributed by atoms with Crippen molar-refractivity contribution >= 4 is 5.91 Å². The third-order valence-corrected chi connectivity index (χ3v) is 4.31. The van der Waals surface area contributed by atoms with Crippen molar-refractivity contribution < 1.29 is 19.0 Å². The van der Waals surface area contributed by atoms with Crippen LogP contribution in [0, 0.1) is 0 Å². The van der Waals surface area contributed by atoms with Gasteiger partial charge in [-0.3, -0.25) is 9.48 Å². The van der Waals surface area contributed by atoms with E-state index in [1.807, 2.05) is 30.3 Å². The average molecular weight is 381 g/mol. The van der Waals surface area contributed by atoms with E-state index in [-0.39, 0.29) is 12.5 Å². The molecule has 0 aliphatic heterocycles. The van der Waals surface area contributed by atoms with Crippen LogP contribution in [0.15, 0.2) is 54.9 Å². The molecule has 0 bridgehead atoms. The first-order valence-corrected chi connectivity index (χ1v) is 8.78. The highest BCUT2D eigenvalue weighted by atomic mass is 16.5. The van der Waals surface area contributed by atoms with Crippen molar-refractivity contribution in [1.82, 2.24) is 15.1 Å². The molecule has 28 heavy (non-hydrogen) atoms. The van der Waals surface area contributed by atoms with Gasteiger partial charge in [-0.2, -0.15) is 5.10 Å². The molecule has 2 aromatic carbocycles. The molecule has 0 aliphatic carbocycles. The Balaban J connectivity index is 1.67. The Morgan fingerprint density at radius 1 is 1.00 bits per heavy atom. The van der Waals surface area contributed by atoms with Gasteiger partial charge in [0.25, 0.3) is 5.91 Å². The highest BCUT2D eigenvalue weighted by Gasteiger charge is 2.14. The lowest BCUT2D eigenvalue weighted by Crippen LogP contribution is -2.22. The Morgan fingerprint density at radius 2 is 1.68 bits per heavy atom. The van der Waals surface area contributed by atoms with Gasteiger partial charge in [0, 0.05) is 24.4 Å². The van der Waals surface area contributed by atoms with Crippen LogP contribution in [0.3, 0.4) is 0 Å². The molecule has 0 fully saturated rings. The van der Waals surface area contributed by atoms with Crippen molar-refractivity contribution in [2.45, 2.75) is 13.1 Å². The maximum absolute atomic E-state index is 12.5. The summed E-state index contributed by atoms with van der Waals surface area (Å²) < 4.78 is 17.7.